The number of non-ortho nitro benzene ring substituents is 1. The first kappa shape index (κ1) is 19.0. The number of carbonyl (C=O) groups is 1. The van der Waals surface area contributed by atoms with Crippen LogP contribution in [0.15, 0.2) is 24.3 Å². The third-order valence-electron chi connectivity index (χ3n) is 5.15. The zero-order valence-corrected chi connectivity index (χ0v) is 15.5. The SMILES string of the molecule is O=C(NC1CCC(NC2CC(S)C2)CC1)OCc1ccc([N+](=O)[O-])cc1. The molecule has 1 amide bonds. The largest absolute Gasteiger partial charge is 0.445 e. The Kier molecular flexibility index (Phi) is 6.37. The number of thiol groups is 1. The third-order valence-corrected chi connectivity index (χ3v) is 5.57. The second kappa shape index (κ2) is 8.73. The van der Waals surface area contributed by atoms with Crippen molar-refractivity contribution >= 4 is 24.4 Å². The summed E-state index contributed by atoms with van der Waals surface area (Å²) in [7, 11) is 0. The van der Waals surface area contributed by atoms with Crippen LogP contribution in [0.4, 0.5) is 10.5 Å². The van der Waals surface area contributed by atoms with Gasteiger partial charge in [0.25, 0.3) is 5.69 Å². The van der Waals surface area contributed by atoms with Crippen LogP contribution in [0.2, 0.25) is 0 Å². The molecule has 7 nitrogen and oxygen atoms in total. The van der Waals surface area contributed by atoms with Gasteiger partial charge in [-0.1, -0.05) is 0 Å². The van der Waals surface area contributed by atoms with E-state index in [0.29, 0.717) is 17.3 Å². The Bertz CT molecular complexity index is 626. The number of nitro benzene ring substituents is 1. The van der Waals surface area contributed by atoms with Gasteiger partial charge in [-0.2, -0.15) is 12.6 Å². The van der Waals surface area contributed by atoms with Gasteiger partial charge in [-0.05, 0) is 56.2 Å². The minimum Gasteiger partial charge on any atom is -0.445 e. The Hall–Kier alpha value is -1.80. The van der Waals surface area contributed by atoms with Gasteiger partial charge in [-0.3, -0.25) is 10.1 Å². The maximum atomic E-state index is 11.9. The molecule has 0 heterocycles. The van der Waals surface area contributed by atoms with Crippen LogP contribution in [0.25, 0.3) is 0 Å². The summed E-state index contributed by atoms with van der Waals surface area (Å²) in [6.45, 7) is 0.104. The Labute approximate surface area is 158 Å². The topological polar surface area (TPSA) is 93.5 Å². The van der Waals surface area contributed by atoms with E-state index in [0.717, 1.165) is 44.1 Å². The highest BCUT2D eigenvalue weighted by Gasteiger charge is 2.30. The zero-order valence-electron chi connectivity index (χ0n) is 14.6. The monoisotopic (exact) mass is 379 g/mol. The van der Waals surface area contributed by atoms with Crippen LogP contribution in [-0.4, -0.2) is 34.4 Å². The summed E-state index contributed by atoms with van der Waals surface area (Å²) < 4.78 is 5.22. The molecule has 142 valence electrons. The number of rotatable bonds is 6. The van der Waals surface area contributed by atoms with Crippen molar-refractivity contribution in [3.8, 4) is 0 Å². The maximum Gasteiger partial charge on any atom is 0.407 e. The third kappa shape index (κ3) is 5.35. The van der Waals surface area contributed by atoms with Crippen LogP contribution in [0.3, 0.4) is 0 Å². The van der Waals surface area contributed by atoms with Crippen molar-refractivity contribution in [2.75, 3.05) is 0 Å². The van der Waals surface area contributed by atoms with Gasteiger partial charge < -0.3 is 15.4 Å². The highest BCUT2D eigenvalue weighted by atomic mass is 32.1. The number of hydrogen-bond donors (Lipinski definition) is 3. The molecule has 0 radical (unpaired) electrons. The molecular formula is C18H25N3O4S. The average Bonchev–Trinajstić information content (AvgIpc) is 2.60. The molecule has 0 aliphatic heterocycles. The van der Waals surface area contributed by atoms with Gasteiger partial charge in [-0.15, -0.1) is 0 Å². The lowest BCUT2D eigenvalue weighted by Crippen LogP contribution is -2.49. The van der Waals surface area contributed by atoms with E-state index in [4.69, 9.17) is 4.74 Å². The van der Waals surface area contributed by atoms with Crippen molar-refractivity contribution in [3.63, 3.8) is 0 Å². The molecule has 0 unspecified atom stereocenters. The van der Waals surface area contributed by atoms with Gasteiger partial charge in [0.2, 0.25) is 0 Å². The highest BCUT2D eigenvalue weighted by Crippen LogP contribution is 2.28. The molecule has 1 aromatic carbocycles. The Morgan fingerprint density at radius 3 is 2.31 bits per heavy atom. The molecule has 1 aromatic rings. The smallest absolute Gasteiger partial charge is 0.407 e. The number of nitro groups is 1. The fourth-order valence-corrected chi connectivity index (χ4v) is 4.04. The highest BCUT2D eigenvalue weighted by molar-refractivity contribution is 7.81. The summed E-state index contributed by atoms with van der Waals surface area (Å²) in [4.78, 5) is 22.1. The molecule has 2 fully saturated rings. The summed E-state index contributed by atoms with van der Waals surface area (Å²) in [6.07, 6.45) is 5.87. The minimum absolute atomic E-state index is 0.0235. The quantitative estimate of drug-likeness (QED) is 0.401. The van der Waals surface area contributed by atoms with Crippen LogP contribution >= 0.6 is 12.6 Å². The first-order valence-corrected chi connectivity index (χ1v) is 9.62. The van der Waals surface area contributed by atoms with Crippen molar-refractivity contribution in [3.05, 3.63) is 39.9 Å². The minimum atomic E-state index is -0.454. The van der Waals surface area contributed by atoms with E-state index < -0.39 is 11.0 Å². The van der Waals surface area contributed by atoms with Crippen molar-refractivity contribution < 1.29 is 14.5 Å². The molecule has 0 atom stereocenters. The second-order valence-corrected chi connectivity index (χ2v) is 7.91. The van der Waals surface area contributed by atoms with Crippen molar-refractivity contribution in [2.45, 2.75) is 68.5 Å². The molecule has 0 aromatic heterocycles. The fraction of sp³-hybridized carbons (Fsp3) is 0.611. The van der Waals surface area contributed by atoms with E-state index in [-0.39, 0.29) is 18.3 Å². The van der Waals surface area contributed by atoms with E-state index >= 15 is 0 Å². The van der Waals surface area contributed by atoms with Crippen molar-refractivity contribution in [2.24, 2.45) is 0 Å². The van der Waals surface area contributed by atoms with Gasteiger partial charge >= 0.3 is 6.09 Å². The molecule has 2 N–H and O–H groups in total. The van der Waals surface area contributed by atoms with Crippen molar-refractivity contribution in [1.29, 1.82) is 0 Å². The van der Waals surface area contributed by atoms with Crippen LogP contribution in [0, 0.1) is 10.1 Å². The lowest BCUT2D eigenvalue weighted by molar-refractivity contribution is -0.384. The summed E-state index contributed by atoms with van der Waals surface area (Å²) >= 11 is 4.44. The number of ether oxygens (including phenoxy) is 1. The van der Waals surface area contributed by atoms with Gasteiger partial charge in [0.05, 0.1) is 4.92 Å². The predicted octanol–water partition coefficient (Wildman–Crippen LogP) is 3.18. The number of hydrogen-bond acceptors (Lipinski definition) is 6. The Balaban J connectivity index is 1.33. The summed E-state index contributed by atoms with van der Waals surface area (Å²) in [5, 5.41) is 17.8. The number of carbonyl (C=O) groups excluding carboxylic acids is 1. The first-order chi connectivity index (χ1) is 12.5. The van der Waals surface area contributed by atoms with Gasteiger partial charge in [0.15, 0.2) is 0 Å². The molecule has 0 spiro atoms. The first-order valence-electron chi connectivity index (χ1n) is 9.10. The molecule has 0 bridgehead atoms. The lowest BCUT2D eigenvalue weighted by Gasteiger charge is -2.38. The second-order valence-electron chi connectivity index (χ2n) is 7.18. The standard InChI is InChI=1S/C18H25N3O4S/c22-18(25-11-12-1-7-16(8-2-12)21(23)24)20-14-5-3-13(4-6-14)19-15-9-17(26)10-15/h1-2,7-8,13-15,17,19,26H,3-6,9-11H2,(H,20,22). The van der Waals surface area contributed by atoms with Crippen molar-refractivity contribution in [1.82, 2.24) is 10.6 Å². The zero-order chi connectivity index (χ0) is 18.5. The molecule has 2 aliphatic carbocycles. The van der Waals surface area contributed by atoms with Crippen LogP contribution in [0.1, 0.15) is 44.1 Å². The fourth-order valence-electron chi connectivity index (χ4n) is 3.53. The molecule has 0 saturated heterocycles. The Morgan fingerprint density at radius 2 is 1.73 bits per heavy atom. The lowest BCUT2D eigenvalue weighted by atomic mass is 9.87. The van der Waals surface area contributed by atoms with Gasteiger partial charge in [0.1, 0.15) is 6.61 Å². The molecule has 3 rings (SSSR count). The van der Waals surface area contributed by atoms with Crippen LogP contribution in [0.5, 0.6) is 0 Å². The van der Waals surface area contributed by atoms with E-state index in [1.807, 2.05) is 0 Å². The molecule has 2 saturated carbocycles. The van der Waals surface area contributed by atoms with Crippen LogP contribution in [-0.2, 0) is 11.3 Å². The summed E-state index contributed by atoms with van der Waals surface area (Å²) in [6, 6.07) is 7.30. The Morgan fingerprint density at radius 1 is 1.12 bits per heavy atom. The normalized spacial score (nSPS) is 28.0. The van der Waals surface area contributed by atoms with E-state index in [1.165, 1.54) is 12.1 Å². The summed E-state index contributed by atoms with van der Waals surface area (Å²) in [5.74, 6) is 0. The number of nitrogens with one attached hydrogen (secondary N) is 2. The number of nitrogens with zero attached hydrogens (tertiary/aromatic N) is 1. The van der Waals surface area contributed by atoms with Crippen LogP contribution < -0.4 is 10.6 Å². The number of amides is 1. The average molecular weight is 379 g/mol. The molecule has 8 heteroatoms. The molecule has 2 aliphatic rings. The van der Waals surface area contributed by atoms with E-state index in [9.17, 15) is 14.9 Å². The van der Waals surface area contributed by atoms with Gasteiger partial charge in [0, 0.05) is 35.5 Å². The number of alkyl carbamates (subject to hydrolysis) is 1. The number of benzene rings is 1. The maximum absolute atomic E-state index is 11.9. The molecular weight excluding hydrogens is 354 g/mol. The summed E-state index contributed by atoms with van der Waals surface area (Å²) in [5.41, 5.74) is 0.747. The van der Waals surface area contributed by atoms with Gasteiger partial charge in [-0.25, -0.2) is 4.79 Å². The predicted molar refractivity (Wildman–Crippen MR) is 101 cm³/mol. The van der Waals surface area contributed by atoms with E-state index in [1.54, 1.807) is 12.1 Å². The van der Waals surface area contributed by atoms with E-state index in [2.05, 4.69) is 23.3 Å². The molecule has 26 heavy (non-hydrogen) atoms.